The van der Waals surface area contributed by atoms with Gasteiger partial charge in [-0.15, -0.1) is 0 Å². The summed E-state index contributed by atoms with van der Waals surface area (Å²) >= 11 is 0. The summed E-state index contributed by atoms with van der Waals surface area (Å²) < 4.78 is 11.0. The second-order valence-electron chi connectivity index (χ2n) is 3.68. The molecule has 1 aromatic carbocycles. The number of para-hydroxylation sites is 1. The van der Waals surface area contributed by atoms with E-state index in [0.29, 0.717) is 6.61 Å². The van der Waals surface area contributed by atoms with Crippen molar-refractivity contribution in [1.29, 1.82) is 0 Å². The van der Waals surface area contributed by atoms with E-state index in [1.54, 1.807) is 7.11 Å². The molecule has 0 unspecified atom stereocenters. The third-order valence-electron chi connectivity index (χ3n) is 2.55. The summed E-state index contributed by atoms with van der Waals surface area (Å²) in [4.78, 5) is 0. The van der Waals surface area contributed by atoms with Crippen molar-refractivity contribution in [1.82, 2.24) is 0 Å². The van der Waals surface area contributed by atoms with Gasteiger partial charge in [0.25, 0.3) is 0 Å². The largest absolute Gasteiger partial charge is 0.461 e. The van der Waals surface area contributed by atoms with Crippen molar-refractivity contribution < 1.29 is 9.15 Å². The van der Waals surface area contributed by atoms with Gasteiger partial charge in [0.2, 0.25) is 0 Å². The lowest BCUT2D eigenvalue weighted by Gasteiger charge is -1.99. The lowest BCUT2D eigenvalue weighted by atomic mass is 10.1. The van der Waals surface area contributed by atoms with Gasteiger partial charge in [-0.3, -0.25) is 0 Å². The first-order valence-corrected chi connectivity index (χ1v) is 5.35. The molecule has 0 saturated heterocycles. The van der Waals surface area contributed by atoms with Gasteiger partial charge in [-0.05, 0) is 12.5 Å². The van der Waals surface area contributed by atoms with Crippen LogP contribution in [0.3, 0.4) is 0 Å². The Labute approximate surface area is 89.8 Å². The third-order valence-corrected chi connectivity index (χ3v) is 2.55. The van der Waals surface area contributed by atoms with Crippen molar-refractivity contribution in [3.05, 3.63) is 35.6 Å². The molecule has 0 bridgehead atoms. The first-order chi connectivity index (χ1) is 7.36. The van der Waals surface area contributed by atoms with Gasteiger partial charge in [0.1, 0.15) is 11.3 Å². The van der Waals surface area contributed by atoms with Crippen LogP contribution in [0.15, 0.2) is 28.7 Å². The summed E-state index contributed by atoms with van der Waals surface area (Å²) in [6.07, 6.45) is 2.07. The molecule has 2 aromatic rings. The fourth-order valence-corrected chi connectivity index (χ4v) is 1.88. The maximum Gasteiger partial charge on any atom is 0.134 e. The molecule has 2 heteroatoms. The summed E-state index contributed by atoms with van der Waals surface area (Å²) in [7, 11) is 1.72. The number of furan rings is 1. The summed E-state index contributed by atoms with van der Waals surface area (Å²) in [6, 6.07) is 8.13. The van der Waals surface area contributed by atoms with Gasteiger partial charge in [-0.2, -0.15) is 0 Å². The average Bonchev–Trinajstić information content (AvgIpc) is 2.59. The number of hydrogen-bond acceptors (Lipinski definition) is 2. The molecular formula is C13H16O2. The molecule has 0 aliphatic rings. The molecule has 0 amide bonds. The van der Waals surface area contributed by atoms with Crippen LogP contribution >= 0.6 is 0 Å². The van der Waals surface area contributed by atoms with Crippen molar-refractivity contribution >= 4 is 11.0 Å². The zero-order valence-corrected chi connectivity index (χ0v) is 9.25. The highest BCUT2D eigenvalue weighted by Gasteiger charge is 2.12. The average molecular weight is 204 g/mol. The Hall–Kier alpha value is -1.28. The van der Waals surface area contributed by atoms with Crippen molar-refractivity contribution in [2.75, 3.05) is 7.11 Å². The number of aryl methyl sites for hydroxylation is 1. The standard InChI is InChI=1S/C13H16O2/c1-3-6-12-11(9-14-2)10-7-4-5-8-13(10)15-12/h4-5,7-8H,3,6,9H2,1-2H3. The monoisotopic (exact) mass is 204 g/mol. The van der Waals surface area contributed by atoms with Gasteiger partial charge in [0, 0.05) is 24.5 Å². The summed E-state index contributed by atoms with van der Waals surface area (Å²) in [5.41, 5.74) is 2.17. The van der Waals surface area contributed by atoms with Crippen molar-refractivity contribution in [2.24, 2.45) is 0 Å². The number of fused-ring (bicyclic) bond motifs is 1. The van der Waals surface area contributed by atoms with E-state index >= 15 is 0 Å². The van der Waals surface area contributed by atoms with Gasteiger partial charge >= 0.3 is 0 Å². The lowest BCUT2D eigenvalue weighted by molar-refractivity contribution is 0.184. The number of ether oxygens (including phenoxy) is 1. The van der Waals surface area contributed by atoms with Crippen LogP contribution in [0.4, 0.5) is 0 Å². The third kappa shape index (κ3) is 1.90. The van der Waals surface area contributed by atoms with Crippen molar-refractivity contribution in [2.45, 2.75) is 26.4 Å². The normalized spacial score (nSPS) is 11.1. The zero-order valence-electron chi connectivity index (χ0n) is 9.25. The van der Waals surface area contributed by atoms with Gasteiger partial charge in [0.15, 0.2) is 0 Å². The van der Waals surface area contributed by atoms with Gasteiger partial charge in [0.05, 0.1) is 6.61 Å². The second-order valence-corrected chi connectivity index (χ2v) is 3.68. The van der Waals surface area contributed by atoms with Crippen LogP contribution in [-0.4, -0.2) is 7.11 Å². The van der Waals surface area contributed by atoms with Crippen LogP contribution in [0.5, 0.6) is 0 Å². The van der Waals surface area contributed by atoms with E-state index in [2.05, 4.69) is 13.0 Å². The first kappa shape index (κ1) is 10.2. The highest BCUT2D eigenvalue weighted by Crippen LogP contribution is 2.27. The molecule has 1 heterocycles. The highest BCUT2D eigenvalue weighted by atomic mass is 16.5. The molecule has 80 valence electrons. The quantitative estimate of drug-likeness (QED) is 0.760. The molecule has 15 heavy (non-hydrogen) atoms. The summed E-state index contributed by atoms with van der Waals surface area (Å²) in [5, 5.41) is 1.18. The smallest absolute Gasteiger partial charge is 0.134 e. The molecule has 2 rings (SSSR count). The zero-order chi connectivity index (χ0) is 10.7. The van der Waals surface area contributed by atoms with Crippen molar-refractivity contribution in [3.63, 3.8) is 0 Å². The first-order valence-electron chi connectivity index (χ1n) is 5.35. The number of rotatable bonds is 4. The predicted octanol–water partition coefficient (Wildman–Crippen LogP) is 3.53. The Morgan fingerprint density at radius 3 is 2.80 bits per heavy atom. The molecule has 2 nitrogen and oxygen atoms in total. The van der Waals surface area contributed by atoms with E-state index < -0.39 is 0 Å². The summed E-state index contributed by atoms with van der Waals surface area (Å²) in [6.45, 7) is 2.79. The van der Waals surface area contributed by atoms with E-state index in [1.807, 2.05) is 18.2 Å². The van der Waals surface area contributed by atoms with E-state index in [0.717, 1.165) is 24.2 Å². The molecule has 0 spiro atoms. The molecule has 0 fully saturated rings. The Morgan fingerprint density at radius 1 is 1.27 bits per heavy atom. The van der Waals surface area contributed by atoms with Crippen LogP contribution in [-0.2, 0) is 17.8 Å². The van der Waals surface area contributed by atoms with E-state index in [1.165, 1.54) is 10.9 Å². The van der Waals surface area contributed by atoms with E-state index in [9.17, 15) is 0 Å². The fourth-order valence-electron chi connectivity index (χ4n) is 1.88. The number of methoxy groups -OCH3 is 1. The van der Waals surface area contributed by atoms with E-state index in [-0.39, 0.29) is 0 Å². The van der Waals surface area contributed by atoms with Crippen LogP contribution < -0.4 is 0 Å². The molecule has 0 aliphatic carbocycles. The minimum atomic E-state index is 0.631. The van der Waals surface area contributed by atoms with Gasteiger partial charge in [-0.25, -0.2) is 0 Å². The molecule has 0 aliphatic heterocycles. The molecular weight excluding hydrogens is 188 g/mol. The SMILES string of the molecule is CCCc1oc2ccccc2c1COC. The Balaban J connectivity index is 2.53. The highest BCUT2D eigenvalue weighted by molar-refractivity contribution is 5.82. The molecule has 0 N–H and O–H groups in total. The molecule has 0 atom stereocenters. The van der Waals surface area contributed by atoms with Crippen LogP contribution in [0.2, 0.25) is 0 Å². The van der Waals surface area contributed by atoms with E-state index in [4.69, 9.17) is 9.15 Å². The lowest BCUT2D eigenvalue weighted by Crippen LogP contribution is -1.91. The van der Waals surface area contributed by atoms with Crippen molar-refractivity contribution in [3.8, 4) is 0 Å². The number of hydrogen-bond donors (Lipinski definition) is 0. The predicted molar refractivity (Wildman–Crippen MR) is 60.9 cm³/mol. The Morgan fingerprint density at radius 2 is 2.07 bits per heavy atom. The van der Waals surface area contributed by atoms with Crippen LogP contribution in [0.1, 0.15) is 24.7 Å². The fraction of sp³-hybridized carbons (Fsp3) is 0.385. The molecule has 0 saturated carbocycles. The maximum absolute atomic E-state index is 5.81. The van der Waals surface area contributed by atoms with Gasteiger partial charge in [-0.1, -0.05) is 25.1 Å². The minimum Gasteiger partial charge on any atom is -0.461 e. The molecule has 0 radical (unpaired) electrons. The minimum absolute atomic E-state index is 0.631. The van der Waals surface area contributed by atoms with Crippen LogP contribution in [0.25, 0.3) is 11.0 Å². The topological polar surface area (TPSA) is 22.4 Å². The summed E-state index contributed by atoms with van der Waals surface area (Å²) in [5.74, 6) is 1.07. The maximum atomic E-state index is 5.81. The van der Waals surface area contributed by atoms with Crippen LogP contribution in [0, 0.1) is 0 Å². The Bertz CT molecular complexity index is 443. The Kier molecular flexibility index (Phi) is 3.07. The number of benzene rings is 1. The van der Waals surface area contributed by atoms with Gasteiger partial charge < -0.3 is 9.15 Å². The second kappa shape index (κ2) is 4.49. The molecule has 1 aromatic heterocycles.